The van der Waals surface area contributed by atoms with Gasteiger partial charge in [0.25, 0.3) is 0 Å². The van der Waals surface area contributed by atoms with Crippen LogP contribution in [0.15, 0.2) is 6.33 Å². The molecule has 1 heterocycles. The summed E-state index contributed by atoms with van der Waals surface area (Å²) in [6.07, 6.45) is 3.52. The summed E-state index contributed by atoms with van der Waals surface area (Å²) in [5.41, 5.74) is 5.35. The number of ether oxygens (including phenoxy) is 1. The van der Waals surface area contributed by atoms with E-state index in [0.717, 1.165) is 19.4 Å². The Bertz CT molecular complexity index is 386. The lowest BCUT2D eigenvalue weighted by atomic mass is 9.89. The van der Waals surface area contributed by atoms with E-state index < -0.39 is 0 Å². The summed E-state index contributed by atoms with van der Waals surface area (Å²) >= 11 is 0. The first-order chi connectivity index (χ1) is 8.17. The zero-order chi connectivity index (χ0) is 12.3. The van der Waals surface area contributed by atoms with Gasteiger partial charge in [-0.25, -0.2) is 9.67 Å². The van der Waals surface area contributed by atoms with E-state index >= 15 is 0 Å². The Morgan fingerprint density at radius 2 is 2.47 bits per heavy atom. The average Bonchev–Trinajstić information content (AvgIpc) is 2.61. The van der Waals surface area contributed by atoms with Gasteiger partial charge in [-0.2, -0.15) is 0 Å². The van der Waals surface area contributed by atoms with Crippen LogP contribution >= 0.6 is 0 Å². The fraction of sp³-hybridized carbons (Fsp3) is 0.700. The lowest BCUT2D eigenvalue weighted by Crippen LogP contribution is -2.48. The van der Waals surface area contributed by atoms with Crippen LogP contribution in [0.25, 0.3) is 0 Å². The zero-order valence-electron chi connectivity index (χ0n) is 9.80. The lowest BCUT2D eigenvalue weighted by molar-refractivity contribution is -0.124. The normalized spacial score (nSPS) is 23.1. The van der Waals surface area contributed by atoms with Crippen LogP contribution in [-0.2, 0) is 16.1 Å². The third-order valence-electron chi connectivity index (χ3n) is 2.72. The van der Waals surface area contributed by atoms with E-state index in [1.54, 1.807) is 0 Å². The highest BCUT2D eigenvalue weighted by molar-refractivity contribution is 5.76. The summed E-state index contributed by atoms with van der Waals surface area (Å²) in [6.45, 7) is 2.85. The summed E-state index contributed by atoms with van der Waals surface area (Å²) in [7, 11) is 0. The van der Waals surface area contributed by atoms with Gasteiger partial charge in [0.1, 0.15) is 12.9 Å². The van der Waals surface area contributed by atoms with Gasteiger partial charge in [0.15, 0.2) is 0 Å². The van der Waals surface area contributed by atoms with Crippen LogP contribution in [0.1, 0.15) is 19.8 Å². The van der Waals surface area contributed by atoms with Crippen molar-refractivity contribution in [2.24, 2.45) is 0 Å². The van der Waals surface area contributed by atoms with Gasteiger partial charge in [-0.3, -0.25) is 4.79 Å². The molecule has 0 aliphatic heterocycles. The molecule has 0 atom stereocenters. The number of amides is 1. The Hall–Kier alpha value is -1.63. The standard InChI is InChI=1S/C10H17N5O2/c1-2-17-8-3-7(4-8)13-9(16)5-15-6-12-10(11)14-15/h6-8H,2-5H2,1H3,(H2,11,14)(H,13,16). The number of nitrogen functional groups attached to an aromatic ring is 1. The molecule has 7 nitrogen and oxygen atoms in total. The third kappa shape index (κ3) is 3.16. The highest BCUT2D eigenvalue weighted by atomic mass is 16.5. The van der Waals surface area contributed by atoms with Gasteiger partial charge < -0.3 is 15.8 Å². The highest BCUT2D eigenvalue weighted by Crippen LogP contribution is 2.22. The number of nitrogens with one attached hydrogen (secondary N) is 1. The molecule has 1 aliphatic rings. The van der Waals surface area contributed by atoms with Crippen LogP contribution < -0.4 is 11.1 Å². The molecule has 1 aromatic rings. The number of anilines is 1. The summed E-state index contributed by atoms with van der Waals surface area (Å²) < 4.78 is 6.84. The maximum absolute atomic E-state index is 11.6. The molecule has 1 saturated carbocycles. The van der Waals surface area contributed by atoms with Gasteiger partial charge in [0.05, 0.1) is 6.10 Å². The van der Waals surface area contributed by atoms with Crippen LogP contribution in [0.3, 0.4) is 0 Å². The van der Waals surface area contributed by atoms with Gasteiger partial charge in [-0.15, -0.1) is 5.10 Å². The number of carbonyl (C=O) groups is 1. The summed E-state index contributed by atoms with van der Waals surface area (Å²) in [5.74, 6) is 0.104. The molecule has 1 amide bonds. The van der Waals surface area contributed by atoms with Crippen molar-refractivity contribution in [3.05, 3.63) is 6.33 Å². The molecule has 7 heteroatoms. The molecule has 1 aromatic heterocycles. The molecule has 1 fully saturated rings. The van der Waals surface area contributed by atoms with Crippen LogP contribution in [0.4, 0.5) is 5.95 Å². The Morgan fingerprint density at radius 3 is 3.06 bits per heavy atom. The number of hydrogen-bond acceptors (Lipinski definition) is 5. The quantitative estimate of drug-likeness (QED) is 0.725. The molecule has 2 rings (SSSR count). The van der Waals surface area contributed by atoms with Crippen LogP contribution in [0, 0.1) is 0 Å². The Labute approximate surface area is 99.3 Å². The average molecular weight is 239 g/mol. The van der Waals surface area contributed by atoms with E-state index in [4.69, 9.17) is 10.5 Å². The second-order valence-corrected chi connectivity index (χ2v) is 4.11. The Balaban J connectivity index is 1.69. The second kappa shape index (κ2) is 5.13. The van der Waals surface area contributed by atoms with E-state index in [1.165, 1.54) is 11.0 Å². The summed E-state index contributed by atoms with van der Waals surface area (Å²) in [5, 5.41) is 6.76. The van der Waals surface area contributed by atoms with Crippen LogP contribution in [0.2, 0.25) is 0 Å². The first-order valence-electron chi connectivity index (χ1n) is 5.73. The largest absolute Gasteiger partial charge is 0.378 e. The van der Waals surface area contributed by atoms with Gasteiger partial charge in [-0.05, 0) is 19.8 Å². The number of nitrogens with two attached hydrogens (primary N) is 1. The van der Waals surface area contributed by atoms with Crippen molar-refractivity contribution in [2.45, 2.75) is 38.5 Å². The number of rotatable bonds is 5. The molecule has 0 unspecified atom stereocenters. The first kappa shape index (κ1) is 11.8. The monoisotopic (exact) mass is 239 g/mol. The third-order valence-corrected chi connectivity index (χ3v) is 2.72. The zero-order valence-corrected chi connectivity index (χ0v) is 9.80. The van der Waals surface area contributed by atoms with Crippen LogP contribution in [0.5, 0.6) is 0 Å². The molecular formula is C10H17N5O2. The molecule has 0 saturated heterocycles. The molecule has 0 aromatic carbocycles. The Kier molecular flexibility index (Phi) is 3.58. The number of hydrogen-bond donors (Lipinski definition) is 2. The maximum Gasteiger partial charge on any atom is 0.242 e. The SMILES string of the molecule is CCOC1CC(NC(=O)Cn2cnc(N)n2)C1. The smallest absolute Gasteiger partial charge is 0.242 e. The van der Waals surface area contributed by atoms with Crippen molar-refractivity contribution in [1.29, 1.82) is 0 Å². The minimum Gasteiger partial charge on any atom is -0.378 e. The highest BCUT2D eigenvalue weighted by Gasteiger charge is 2.30. The fourth-order valence-corrected chi connectivity index (χ4v) is 1.86. The Morgan fingerprint density at radius 1 is 1.71 bits per heavy atom. The molecule has 0 spiro atoms. The van der Waals surface area contributed by atoms with Crippen molar-refractivity contribution in [1.82, 2.24) is 20.1 Å². The molecule has 94 valence electrons. The summed E-state index contributed by atoms with van der Waals surface area (Å²) in [4.78, 5) is 15.4. The van der Waals surface area contributed by atoms with Gasteiger partial charge in [-0.1, -0.05) is 0 Å². The van der Waals surface area contributed by atoms with Crippen molar-refractivity contribution in [2.75, 3.05) is 12.3 Å². The minimum absolute atomic E-state index is 0.0742. The van der Waals surface area contributed by atoms with E-state index in [9.17, 15) is 4.79 Å². The van der Waals surface area contributed by atoms with Gasteiger partial charge in [0, 0.05) is 12.6 Å². The second-order valence-electron chi connectivity index (χ2n) is 4.11. The molecular weight excluding hydrogens is 222 g/mol. The number of nitrogens with zero attached hydrogens (tertiary/aromatic N) is 3. The molecule has 0 bridgehead atoms. The molecule has 17 heavy (non-hydrogen) atoms. The maximum atomic E-state index is 11.6. The van der Waals surface area contributed by atoms with E-state index in [2.05, 4.69) is 15.4 Å². The van der Waals surface area contributed by atoms with Crippen molar-refractivity contribution < 1.29 is 9.53 Å². The molecule has 1 aliphatic carbocycles. The predicted octanol–water partition coefficient (Wildman–Crippen LogP) is -0.456. The molecule has 0 radical (unpaired) electrons. The van der Waals surface area contributed by atoms with Crippen molar-refractivity contribution in [3.63, 3.8) is 0 Å². The topological polar surface area (TPSA) is 95.1 Å². The minimum atomic E-state index is -0.0742. The van der Waals surface area contributed by atoms with E-state index in [1.807, 2.05) is 6.92 Å². The van der Waals surface area contributed by atoms with Gasteiger partial charge in [0.2, 0.25) is 11.9 Å². The van der Waals surface area contributed by atoms with Crippen molar-refractivity contribution >= 4 is 11.9 Å². The van der Waals surface area contributed by atoms with E-state index in [-0.39, 0.29) is 24.4 Å². The summed E-state index contributed by atoms with van der Waals surface area (Å²) in [6, 6.07) is 0.222. The lowest BCUT2D eigenvalue weighted by Gasteiger charge is -2.35. The predicted molar refractivity (Wildman–Crippen MR) is 61.0 cm³/mol. The fourth-order valence-electron chi connectivity index (χ4n) is 1.86. The first-order valence-corrected chi connectivity index (χ1v) is 5.73. The van der Waals surface area contributed by atoms with Gasteiger partial charge >= 0.3 is 0 Å². The van der Waals surface area contributed by atoms with Crippen LogP contribution in [-0.4, -0.2) is 39.4 Å². The number of aromatic nitrogens is 3. The number of carbonyl (C=O) groups excluding carboxylic acids is 1. The van der Waals surface area contributed by atoms with Crippen molar-refractivity contribution in [3.8, 4) is 0 Å². The molecule has 3 N–H and O–H groups in total. The van der Waals surface area contributed by atoms with E-state index in [0.29, 0.717) is 6.10 Å².